The van der Waals surface area contributed by atoms with E-state index in [9.17, 15) is 5.11 Å². The van der Waals surface area contributed by atoms with Gasteiger partial charge in [-0.2, -0.15) is 5.26 Å². The Balaban J connectivity index is 2.57. The van der Waals surface area contributed by atoms with Crippen LogP contribution in [0.15, 0.2) is 0 Å². The van der Waals surface area contributed by atoms with Crippen LogP contribution in [0.1, 0.15) is 40.5 Å². The molecule has 2 N–H and O–H groups in total. The van der Waals surface area contributed by atoms with Gasteiger partial charge >= 0.3 is 0 Å². The molecule has 3 atom stereocenters. The van der Waals surface area contributed by atoms with Crippen molar-refractivity contribution in [1.29, 1.82) is 5.26 Å². The zero-order valence-electron chi connectivity index (χ0n) is 12.8. The van der Waals surface area contributed by atoms with Crippen molar-refractivity contribution < 1.29 is 5.11 Å². The number of hydrogen-bond acceptors (Lipinski definition) is 4. The van der Waals surface area contributed by atoms with E-state index in [1.165, 1.54) is 0 Å². The SMILES string of the molecule is CCC(O)C1CC(NCC(C)(C)C)CN(CC#N)C1. The van der Waals surface area contributed by atoms with Crippen LogP contribution in [-0.4, -0.2) is 48.3 Å². The smallest absolute Gasteiger partial charge is 0.0866 e. The molecule has 1 rings (SSSR count). The second-order valence-corrected chi connectivity index (χ2v) is 6.96. The Kier molecular flexibility index (Phi) is 6.25. The third-order valence-corrected chi connectivity index (χ3v) is 3.74. The lowest BCUT2D eigenvalue weighted by atomic mass is 9.87. The predicted molar refractivity (Wildman–Crippen MR) is 77.7 cm³/mol. The number of nitriles is 1. The molecular formula is C15H29N3O. The summed E-state index contributed by atoms with van der Waals surface area (Å²) in [6.07, 6.45) is 1.55. The highest BCUT2D eigenvalue weighted by Crippen LogP contribution is 2.22. The van der Waals surface area contributed by atoms with Crippen LogP contribution in [0.2, 0.25) is 0 Å². The summed E-state index contributed by atoms with van der Waals surface area (Å²) in [5, 5.41) is 22.5. The van der Waals surface area contributed by atoms with Crippen LogP contribution in [0.25, 0.3) is 0 Å². The quantitative estimate of drug-likeness (QED) is 0.743. The van der Waals surface area contributed by atoms with Gasteiger partial charge in [0.2, 0.25) is 0 Å². The van der Waals surface area contributed by atoms with Gasteiger partial charge in [-0.05, 0) is 24.2 Å². The van der Waals surface area contributed by atoms with Gasteiger partial charge in [-0.1, -0.05) is 27.7 Å². The maximum atomic E-state index is 10.1. The minimum Gasteiger partial charge on any atom is -0.393 e. The summed E-state index contributed by atoms with van der Waals surface area (Å²) in [4.78, 5) is 2.16. The van der Waals surface area contributed by atoms with Gasteiger partial charge in [0, 0.05) is 25.7 Å². The first-order valence-corrected chi connectivity index (χ1v) is 7.36. The van der Waals surface area contributed by atoms with E-state index >= 15 is 0 Å². The monoisotopic (exact) mass is 267 g/mol. The zero-order chi connectivity index (χ0) is 14.5. The number of nitrogens with one attached hydrogen (secondary N) is 1. The fourth-order valence-electron chi connectivity index (χ4n) is 2.67. The standard InChI is InChI=1S/C15H29N3O/c1-5-14(19)12-8-13(17-11-15(2,3)4)10-18(9-12)7-6-16/h12-14,17,19H,5,7-11H2,1-4H3. The molecule has 4 nitrogen and oxygen atoms in total. The molecule has 1 aliphatic rings. The van der Waals surface area contributed by atoms with Crippen molar-refractivity contribution in [2.75, 3.05) is 26.2 Å². The number of aliphatic hydroxyl groups excluding tert-OH is 1. The fraction of sp³-hybridized carbons (Fsp3) is 0.933. The number of nitrogens with zero attached hydrogens (tertiary/aromatic N) is 2. The van der Waals surface area contributed by atoms with Crippen molar-refractivity contribution in [2.24, 2.45) is 11.3 Å². The largest absolute Gasteiger partial charge is 0.393 e. The van der Waals surface area contributed by atoms with Crippen molar-refractivity contribution in [3.8, 4) is 6.07 Å². The van der Waals surface area contributed by atoms with Crippen LogP contribution in [0.5, 0.6) is 0 Å². The van der Waals surface area contributed by atoms with Gasteiger partial charge in [0.1, 0.15) is 0 Å². The van der Waals surface area contributed by atoms with Crippen molar-refractivity contribution in [3.63, 3.8) is 0 Å². The summed E-state index contributed by atoms with van der Waals surface area (Å²) in [5.41, 5.74) is 0.260. The lowest BCUT2D eigenvalue weighted by Gasteiger charge is -2.39. The zero-order valence-corrected chi connectivity index (χ0v) is 12.8. The summed E-state index contributed by atoms with van der Waals surface area (Å²) in [6, 6.07) is 2.61. The Bertz CT molecular complexity index is 305. The maximum absolute atomic E-state index is 10.1. The van der Waals surface area contributed by atoms with Gasteiger partial charge in [0.05, 0.1) is 18.7 Å². The maximum Gasteiger partial charge on any atom is 0.0866 e. The lowest BCUT2D eigenvalue weighted by Crippen LogP contribution is -2.52. The van der Waals surface area contributed by atoms with E-state index in [4.69, 9.17) is 5.26 Å². The summed E-state index contributed by atoms with van der Waals surface area (Å²) in [5.74, 6) is 0.282. The van der Waals surface area contributed by atoms with E-state index in [1.54, 1.807) is 0 Å². The van der Waals surface area contributed by atoms with E-state index in [1.807, 2.05) is 6.92 Å². The van der Waals surface area contributed by atoms with E-state index in [-0.39, 0.29) is 17.4 Å². The summed E-state index contributed by atoms with van der Waals surface area (Å²) in [7, 11) is 0. The molecule has 0 spiro atoms. The van der Waals surface area contributed by atoms with Gasteiger partial charge < -0.3 is 10.4 Å². The van der Waals surface area contributed by atoms with E-state index < -0.39 is 0 Å². The first kappa shape index (κ1) is 16.4. The van der Waals surface area contributed by atoms with Gasteiger partial charge in [-0.3, -0.25) is 4.90 Å². The van der Waals surface area contributed by atoms with Crippen LogP contribution >= 0.6 is 0 Å². The summed E-state index contributed by atoms with van der Waals surface area (Å²) >= 11 is 0. The van der Waals surface area contributed by atoms with Crippen molar-refractivity contribution in [3.05, 3.63) is 0 Å². The molecule has 0 aromatic rings. The Morgan fingerprint density at radius 1 is 1.42 bits per heavy atom. The molecule has 0 amide bonds. The normalized spacial score (nSPS) is 26.9. The van der Waals surface area contributed by atoms with Crippen molar-refractivity contribution >= 4 is 0 Å². The first-order chi connectivity index (χ1) is 8.85. The molecule has 0 aliphatic carbocycles. The second-order valence-electron chi connectivity index (χ2n) is 6.96. The van der Waals surface area contributed by atoms with E-state index in [0.717, 1.165) is 32.5 Å². The average molecular weight is 267 g/mol. The minimum atomic E-state index is -0.250. The number of hydrogen-bond donors (Lipinski definition) is 2. The Labute approximate surface area is 117 Å². The Hall–Kier alpha value is -0.630. The van der Waals surface area contributed by atoms with Crippen molar-refractivity contribution in [1.82, 2.24) is 10.2 Å². The van der Waals surface area contributed by atoms with E-state index in [0.29, 0.717) is 12.6 Å². The molecule has 0 aromatic carbocycles. The Morgan fingerprint density at radius 3 is 2.63 bits per heavy atom. The highest BCUT2D eigenvalue weighted by molar-refractivity contribution is 4.90. The van der Waals surface area contributed by atoms with Crippen molar-refractivity contribution in [2.45, 2.75) is 52.7 Å². The summed E-state index contributed by atoms with van der Waals surface area (Å²) in [6.45, 7) is 11.8. The molecule has 19 heavy (non-hydrogen) atoms. The molecule has 110 valence electrons. The topological polar surface area (TPSA) is 59.3 Å². The average Bonchev–Trinajstić information content (AvgIpc) is 2.35. The molecule has 1 heterocycles. The number of piperidine rings is 1. The highest BCUT2D eigenvalue weighted by atomic mass is 16.3. The molecule has 1 saturated heterocycles. The first-order valence-electron chi connectivity index (χ1n) is 7.36. The fourth-order valence-corrected chi connectivity index (χ4v) is 2.67. The van der Waals surface area contributed by atoms with Crippen LogP contribution in [-0.2, 0) is 0 Å². The third kappa shape index (κ3) is 5.90. The molecule has 0 bridgehead atoms. The lowest BCUT2D eigenvalue weighted by molar-refractivity contribution is 0.0388. The molecule has 0 saturated carbocycles. The van der Waals surface area contributed by atoms with E-state index in [2.05, 4.69) is 37.1 Å². The molecule has 3 unspecified atom stereocenters. The number of rotatable bonds is 5. The number of aliphatic hydroxyl groups is 1. The molecule has 0 aromatic heterocycles. The van der Waals surface area contributed by atoms with Crippen LogP contribution in [0.4, 0.5) is 0 Å². The Morgan fingerprint density at radius 2 is 2.11 bits per heavy atom. The third-order valence-electron chi connectivity index (χ3n) is 3.74. The molecule has 4 heteroatoms. The second kappa shape index (κ2) is 7.23. The molecular weight excluding hydrogens is 238 g/mol. The van der Waals surface area contributed by atoms with Gasteiger partial charge in [0.25, 0.3) is 0 Å². The van der Waals surface area contributed by atoms with Gasteiger partial charge in [-0.15, -0.1) is 0 Å². The van der Waals surface area contributed by atoms with Crippen LogP contribution in [0, 0.1) is 22.7 Å². The molecule has 0 radical (unpaired) electrons. The predicted octanol–water partition coefficient (Wildman–Crippen LogP) is 1.61. The highest BCUT2D eigenvalue weighted by Gasteiger charge is 2.31. The van der Waals surface area contributed by atoms with Crippen LogP contribution in [0.3, 0.4) is 0 Å². The van der Waals surface area contributed by atoms with Gasteiger partial charge in [0.15, 0.2) is 0 Å². The molecule has 1 fully saturated rings. The summed E-state index contributed by atoms with van der Waals surface area (Å²) < 4.78 is 0. The number of likely N-dealkylation sites (tertiary alicyclic amines) is 1. The van der Waals surface area contributed by atoms with Crippen LogP contribution < -0.4 is 5.32 Å². The van der Waals surface area contributed by atoms with Gasteiger partial charge in [-0.25, -0.2) is 0 Å². The minimum absolute atomic E-state index is 0.250. The molecule has 1 aliphatic heterocycles.